The average Bonchev–Trinajstić information content (AvgIpc) is 3.00. The molecule has 11 nitrogen and oxygen atoms in total. The molecule has 4 aliphatic heterocycles. The van der Waals surface area contributed by atoms with Crippen LogP contribution in [0.4, 0.5) is 0 Å². The third-order valence-electron chi connectivity index (χ3n) is 8.57. The van der Waals surface area contributed by atoms with E-state index in [1.807, 2.05) is 0 Å². The van der Waals surface area contributed by atoms with Gasteiger partial charge >= 0.3 is 5.97 Å². The Kier molecular flexibility index (Phi) is 4.81. The number of hydrogen-bond donors (Lipinski definition) is 5. The maximum absolute atomic E-state index is 12.7. The lowest BCUT2D eigenvalue weighted by Crippen LogP contribution is -2.80. The highest BCUT2D eigenvalue weighted by atomic mass is 16.8. The lowest BCUT2D eigenvalue weighted by molar-refractivity contribution is -0.424. The summed E-state index contributed by atoms with van der Waals surface area (Å²) in [5.41, 5.74) is -2.99. The van der Waals surface area contributed by atoms with Crippen molar-refractivity contribution in [2.45, 2.75) is 73.8 Å². The first-order valence-corrected chi connectivity index (χ1v) is 11.4. The molecule has 0 radical (unpaired) electrons. The van der Waals surface area contributed by atoms with Gasteiger partial charge in [0.15, 0.2) is 18.4 Å². The van der Waals surface area contributed by atoms with E-state index < -0.39 is 77.9 Å². The van der Waals surface area contributed by atoms with E-state index in [4.69, 9.17) is 23.7 Å². The molecule has 3 aliphatic carbocycles. The van der Waals surface area contributed by atoms with Crippen LogP contribution in [0.2, 0.25) is 0 Å². The molecule has 0 aromatic heterocycles. The number of hydrogen-bond acceptors (Lipinski definition) is 11. The second-order valence-electron chi connectivity index (χ2n) is 10.2. The molecule has 0 spiro atoms. The molecule has 4 heterocycles. The molecule has 34 heavy (non-hydrogen) atoms. The van der Waals surface area contributed by atoms with Gasteiger partial charge in [-0.25, -0.2) is 4.79 Å². The van der Waals surface area contributed by atoms with E-state index in [0.29, 0.717) is 5.56 Å². The van der Waals surface area contributed by atoms with Crippen molar-refractivity contribution in [3.63, 3.8) is 0 Å². The van der Waals surface area contributed by atoms with Crippen LogP contribution in [0.3, 0.4) is 0 Å². The molecular formula is C23H28O11. The van der Waals surface area contributed by atoms with Crippen LogP contribution in [0.15, 0.2) is 30.3 Å². The molecule has 6 bridgehead atoms. The van der Waals surface area contributed by atoms with E-state index in [0.717, 1.165) is 0 Å². The predicted molar refractivity (Wildman–Crippen MR) is 109 cm³/mol. The lowest BCUT2D eigenvalue weighted by atomic mass is 9.41. The van der Waals surface area contributed by atoms with Crippen LogP contribution in [-0.4, -0.2) is 98.7 Å². The van der Waals surface area contributed by atoms with Gasteiger partial charge in [-0.1, -0.05) is 18.2 Å². The lowest BCUT2D eigenvalue weighted by Gasteiger charge is -2.67. The quantitative estimate of drug-likeness (QED) is 0.306. The maximum Gasteiger partial charge on any atom is 0.338 e. The van der Waals surface area contributed by atoms with E-state index in [9.17, 15) is 30.3 Å². The van der Waals surface area contributed by atoms with Crippen molar-refractivity contribution < 1.29 is 54.0 Å². The molecule has 4 saturated heterocycles. The SMILES string of the molecule is CC12CC3(O)OC(O1)C1(COC(=O)c4ccccc4)C3C[C@]21O[C@H]1O[C@@H](CO)[C@@H](O)[C@@H](O)[C@@H]1O. The number of carbonyl (C=O) groups excluding carboxylic acids is 1. The third-order valence-corrected chi connectivity index (χ3v) is 8.57. The highest BCUT2D eigenvalue weighted by molar-refractivity contribution is 5.89. The highest BCUT2D eigenvalue weighted by Gasteiger charge is 2.94. The predicted octanol–water partition coefficient (Wildman–Crippen LogP) is -1.36. The summed E-state index contributed by atoms with van der Waals surface area (Å²) in [4.78, 5) is 12.7. The summed E-state index contributed by atoms with van der Waals surface area (Å²) in [5.74, 6) is -2.49. The molecule has 11 atom stereocenters. The van der Waals surface area contributed by atoms with Crippen molar-refractivity contribution in [1.29, 1.82) is 0 Å². The second-order valence-corrected chi connectivity index (χ2v) is 10.2. The van der Waals surface area contributed by atoms with Gasteiger partial charge in [0.2, 0.25) is 0 Å². The summed E-state index contributed by atoms with van der Waals surface area (Å²) in [6.07, 6.45) is -7.87. The first-order chi connectivity index (χ1) is 16.1. The number of aliphatic hydroxyl groups excluding tert-OH is 4. The molecule has 0 amide bonds. The molecular weight excluding hydrogens is 452 g/mol. The fourth-order valence-corrected chi connectivity index (χ4v) is 6.87. The van der Waals surface area contributed by atoms with E-state index in [2.05, 4.69) is 0 Å². The van der Waals surface area contributed by atoms with E-state index in [1.54, 1.807) is 37.3 Å². The fourth-order valence-electron chi connectivity index (χ4n) is 6.87. The van der Waals surface area contributed by atoms with E-state index in [-0.39, 0.29) is 19.4 Å². The number of rotatable bonds is 6. The highest BCUT2D eigenvalue weighted by Crippen LogP contribution is 2.81. The first-order valence-electron chi connectivity index (χ1n) is 11.4. The summed E-state index contributed by atoms with van der Waals surface area (Å²) in [5, 5.41) is 51.7. The van der Waals surface area contributed by atoms with E-state index >= 15 is 0 Å². The second kappa shape index (κ2) is 7.19. The molecule has 1 aromatic carbocycles. The maximum atomic E-state index is 12.7. The van der Waals surface area contributed by atoms with Gasteiger partial charge in [0, 0.05) is 12.3 Å². The summed E-state index contributed by atoms with van der Waals surface area (Å²) in [6.45, 7) is 0.985. The molecule has 1 aromatic rings. The van der Waals surface area contributed by atoms with Crippen LogP contribution in [0.5, 0.6) is 0 Å². The van der Waals surface area contributed by atoms with Crippen molar-refractivity contribution in [2.24, 2.45) is 11.3 Å². The molecule has 11 heteroatoms. The monoisotopic (exact) mass is 480 g/mol. The Balaban J connectivity index is 1.32. The Bertz CT molecular complexity index is 988. The van der Waals surface area contributed by atoms with Gasteiger partial charge in [-0.15, -0.1) is 0 Å². The van der Waals surface area contributed by atoms with Crippen LogP contribution >= 0.6 is 0 Å². The molecule has 8 rings (SSSR count). The summed E-state index contributed by atoms with van der Waals surface area (Å²) in [6, 6.07) is 8.47. The van der Waals surface area contributed by atoms with Crippen LogP contribution in [-0.2, 0) is 23.7 Å². The number of carbonyl (C=O) groups is 1. The van der Waals surface area contributed by atoms with Crippen LogP contribution < -0.4 is 0 Å². The summed E-state index contributed by atoms with van der Waals surface area (Å²) in [7, 11) is 0. The zero-order valence-electron chi connectivity index (χ0n) is 18.4. The van der Waals surface area contributed by atoms with Gasteiger partial charge in [0.1, 0.15) is 42.2 Å². The van der Waals surface area contributed by atoms with Crippen LogP contribution in [0.1, 0.15) is 30.1 Å². The Hall–Kier alpha value is -1.67. The van der Waals surface area contributed by atoms with Crippen molar-refractivity contribution in [1.82, 2.24) is 0 Å². The Morgan fingerprint density at radius 1 is 1.12 bits per heavy atom. The number of ether oxygens (including phenoxy) is 5. The molecule has 5 N–H and O–H groups in total. The van der Waals surface area contributed by atoms with Gasteiger partial charge in [-0.2, -0.15) is 0 Å². The minimum Gasteiger partial charge on any atom is -0.461 e. The number of esters is 1. The van der Waals surface area contributed by atoms with Crippen molar-refractivity contribution in [3.8, 4) is 0 Å². The zero-order chi connectivity index (χ0) is 24.1. The first kappa shape index (κ1) is 22.8. The smallest absolute Gasteiger partial charge is 0.338 e. The molecule has 7 fully saturated rings. The minimum atomic E-state index is -1.61. The molecule has 5 unspecified atom stereocenters. The van der Waals surface area contributed by atoms with Gasteiger partial charge in [-0.05, 0) is 25.5 Å². The van der Waals surface area contributed by atoms with Crippen molar-refractivity contribution >= 4 is 5.97 Å². The van der Waals surface area contributed by atoms with Gasteiger partial charge in [0.05, 0.1) is 17.6 Å². The van der Waals surface area contributed by atoms with Gasteiger partial charge in [0.25, 0.3) is 0 Å². The Morgan fingerprint density at radius 3 is 2.56 bits per heavy atom. The fraction of sp³-hybridized carbons (Fsp3) is 0.696. The van der Waals surface area contributed by atoms with Gasteiger partial charge < -0.3 is 49.2 Å². The Morgan fingerprint density at radius 2 is 1.85 bits per heavy atom. The van der Waals surface area contributed by atoms with Crippen molar-refractivity contribution in [3.05, 3.63) is 35.9 Å². The molecule has 3 saturated carbocycles. The normalized spacial score (nSPS) is 52.5. The molecule has 186 valence electrons. The average molecular weight is 480 g/mol. The number of benzene rings is 1. The third kappa shape index (κ3) is 2.59. The van der Waals surface area contributed by atoms with Gasteiger partial charge in [-0.3, -0.25) is 0 Å². The minimum absolute atomic E-state index is 0.0902. The Labute approximate surface area is 194 Å². The summed E-state index contributed by atoms with van der Waals surface area (Å²) < 4.78 is 29.7. The van der Waals surface area contributed by atoms with E-state index in [1.165, 1.54) is 0 Å². The standard InChI is InChI=1S/C23H28O11/c1-20-9-22(29)13-7-23(20,32-18-16(27)15(26)14(25)12(8-24)31-18)21(13,19(33-20)34-22)10-30-17(28)11-5-3-2-4-6-11/h2-6,12-16,18-19,24-27,29H,7-10H2,1H3/t12-,13?,14+,15+,16-,18+,19?,20?,21?,22?,23-/m0/s1. The zero-order valence-corrected chi connectivity index (χ0v) is 18.4. The topological polar surface area (TPSA) is 164 Å². The molecule has 7 aliphatic rings. The number of aliphatic hydroxyl groups is 5. The summed E-state index contributed by atoms with van der Waals surface area (Å²) >= 11 is 0. The van der Waals surface area contributed by atoms with Crippen LogP contribution in [0, 0.1) is 11.3 Å². The van der Waals surface area contributed by atoms with Crippen LogP contribution in [0.25, 0.3) is 0 Å². The largest absolute Gasteiger partial charge is 0.461 e. The van der Waals surface area contributed by atoms with Crippen molar-refractivity contribution in [2.75, 3.05) is 13.2 Å².